The van der Waals surface area contributed by atoms with E-state index in [2.05, 4.69) is 179 Å². The lowest BCUT2D eigenvalue weighted by Crippen LogP contribution is -2.18. The molecule has 0 radical (unpaired) electrons. The summed E-state index contributed by atoms with van der Waals surface area (Å²) in [5, 5.41) is 11.7. The number of unbranched alkanes of at least 4 members (excludes halogenated alkanes) is 4. The van der Waals surface area contributed by atoms with Gasteiger partial charge in [-0.2, -0.15) is 0 Å². The third-order valence-corrected chi connectivity index (χ3v) is 22.5. The smallest absolute Gasteiger partial charge is 0.274 e. The van der Waals surface area contributed by atoms with Gasteiger partial charge in [-0.05, 0) is 217 Å². The number of fused-ring (bicyclic) bond motifs is 8. The van der Waals surface area contributed by atoms with E-state index in [1.165, 1.54) is 0 Å². The van der Waals surface area contributed by atoms with Crippen LogP contribution in [0.4, 0.5) is 22.7 Å². The van der Waals surface area contributed by atoms with Gasteiger partial charge in [0.05, 0.1) is 49.2 Å². The van der Waals surface area contributed by atoms with E-state index in [-0.39, 0.29) is 22.8 Å². The average Bonchev–Trinajstić information content (AvgIpc) is 1.60. The summed E-state index contributed by atoms with van der Waals surface area (Å²) in [6.45, 7) is 20.0. The number of rotatable bonds is 40. The topological polar surface area (TPSA) is 262 Å². The van der Waals surface area contributed by atoms with Crippen molar-refractivity contribution >= 4 is 92.7 Å². The van der Waals surface area contributed by atoms with Gasteiger partial charge >= 0.3 is 0 Å². The lowest BCUT2D eigenvalue weighted by atomic mass is 10.00. The van der Waals surface area contributed by atoms with Crippen LogP contribution in [0.15, 0.2) is 195 Å². The van der Waals surface area contributed by atoms with Crippen molar-refractivity contribution in [3.8, 4) is 67.5 Å². The van der Waals surface area contributed by atoms with Crippen LogP contribution in [0.1, 0.15) is 223 Å². The van der Waals surface area contributed by atoms with Crippen LogP contribution in [0.5, 0.6) is 23.0 Å². The summed E-state index contributed by atoms with van der Waals surface area (Å²) in [4.78, 5) is 91.5. The Labute approximate surface area is 704 Å². The van der Waals surface area contributed by atoms with Gasteiger partial charge in [0, 0.05) is 91.9 Å². The second-order valence-electron chi connectivity index (χ2n) is 31.0. The first-order valence-electron chi connectivity index (χ1n) is 42.9. The molecule has 0 spiro atoms. The van der Waals surface area contributed by atoms with Gasteiger partial charge in [0.25, 0.3) is 23.6 Å². The molecular weight excluding hydrogens is 1500 g/mol. The fraction of sp³-hybridized carbons (Fsp3) is 0.320. The number of pyridine rings is 4. The van der Waals surface area contributed by atoms with E-state index >= 15 is 0 Å². The molecule has 2 aliphatic heterocycles. The van der Waals surface area contributed by atoms with Crippen molar-refractivity contribution in [3.05, 3.63) is 240 Å². The number of aromatic amines is 2. The van der Waals surface area contributed by atoms with Gasteiger partial charge in [-0.15, -0.1) is 0 Å². The third kappa shape index (κ3) is 21.7. The number of anilines is 4. The van der Waals surface area contributed by atoms with E-state index < -0.39 is 23.6 Å². The number of hydrogen-bond donors (Lipinski definition) is 6. The Hall–Kier alpha value is -12.8. The van der Waals surface area contributed by atoms with E-state index in [4.69, 9.17) is 28.9 Å². The standard InChI is InChI=1S/C100H110N12O8/c1-9-17-23-65(13-5)61-117-89-49-35-71(59-91(89)119-63-67(15-7)25-19-11-3)95-81-45-41-77(107-81)93(69-31-37-73(38-32-69)103-97(113)85-27-21-29-87(111-85)99(115)105-75-51-55-101-56-52-75)79-43-47-83(109-79)96(72-36-50-90(118-62-66(14-6)24-18-10-2)92(60-72)120-64-68(16-8)26-20-12-4)84-48-44-80(110-84)94(78-42-46-82(95)108-78)70-33-39-74(40-34-70)104-98(114)86-28-22-30-88(112-86)100(116)106-76-53-57-102-58-54-76/h21-22,27-60,65-68,107,110H,9-20,23-26,61-64H2,1-8H3,(H,103,113)(H,104,114)(H,101,105,115)(H,102,106,116). The monoisotopic (exact) mass is 1610 g/mol. The minimum absolute atomic E-state index is 0.0622. The Kier molecular flexibility index (Phi) is 29.8. The molecule has 0 aliphatic carbocycles. The van der Waals surface area contributed by atoms with Crippen LogP contribution in [-0.4, -0.2) is 89.9 Å². The van der Waals surface area contributed by atoms with Gasteiger partial charge in [-0.3, -0.25) is 29.1 Å². The van der Waals surface area contributed by atoms with Gasteiger partial charge < -0.3 is 50.2 Å². The number of hydrogen-bond acceptors (Lipinski definition) is 14. The van der Waals surface area contributed by atoms with Crippen LogP contribution in [0.3, 0.4) is 0 Å². The van der Waals surface area contributed by atoms with Gasteiger partial charge in [0.15, 0.2) is 23.0 Å². The number of nitrogens with zero attached hydrogens (tertiary/aromatic N) is 6. The Bertz CT molecular complexity index is 5240. The lowest BCUT2D eigenvalue weighted by Gasteiger charge is -2.21. The average molecular weight is 1610 g/mol. The first-order valence-corrected chi connectivity index (χ1v) is 42.9. The summed E-state index contributed by atoms with van der Waals surface area (Å²) in [7, 11) is 0. The molecule has 11 aromatic rings. The van der Waals surface area contributed by atoms with Crippen LogP contribution in [0.2, 0.25) is 0 Å². The molecule has 0 saturated heterocycles. The van der Waals surface area contributed by atoms with Crippen molar-refractivity contribution in [2.24, 2.45) is 23.7 Å². The zero-order valence-corrected chi connectivity index (χ0v) is 70.2. The van der Waals surface area contributed by atoms with E-state index in [9.17, 15) is 19.2 Å². The molecule has 7 aromatic heterocycles. The highest BCUT2D eigenvalue weighted by atomic mass is 16.5. The molecule has 4 aromatic carbocycles. The second-order valence-corrected chi connectivity index (χ2v) is 31.0. The van der Waals surface area contributed by atoms with Gasteiger partial charge in [-0.25, -0.2) is 19.9 Å². The van der Waals surface area contributed by atoms with Crippen molar-refractivity contribution in [3.63, 3.8) is 0 Å². The van der Waals surface area contributed by atoms with E-state index in [1.54, 1.807) is 85.5 Å². The van der Waals surface area contributed by atoms with Crippen LogP contribution < -0.4 is 40.2 Å². The minimum Gasteiger partial charge on any atom is -0.489 e. The summed E-state index contributed by atoms with van der Waals surface area (Å²) in [5.41, 5.74) is 14.5. The molecule has 4 unspecified atom stereocenters. The number of aromatic nitrogens is 8. The lowest BCUT2D eigenvalue weighted by molar-refractivity contribution is 0.0998. The maximum absolute atomic E-state index is 14.2. The molecule has 120 heavy (non-hydrogen) atoms. The predicted octanol–water partition coefficient (Wildman–Crippen LogP) is 24.3. The number of amides is 4. The molecule has 6 N–H and O–H groups in total. The van der Waals surface area contributed by atoms with Gasteiger partial charge in [0.1, 0.15) is 22.8 Å². The quantitative estimate of drug-likeness (QED) is 0.0209. The Morgan fingerprint density at radius 3 is 0.858 bits per heavy atom. The summed E-state index contributed by atoms with van der Waals surface area (Å²) in [5.74, 6) is 2.18. The largest absolute Gasteiger partial charge is 0.489 e. The Morgan fingerprint density at radius 2 is 0.575 bits per heavy atom. The van der Waals surface area contributed by atoms with E-state index in [0.29, 0.717) is 119 Å². The molecule has 20 heteroatoms. The number of carbonyl (C=O) groups excluding carboxylic acids is 4. The highest BCUT2D eigenvalue weighted by Crippen LogP contribution is 2.44. The number of ether oxygens (including phenoxy) is 4. The fourth-order valence-electron chi connectivity index (χ4n) is 15.1. The second kappa shape index (κ2) is 42.0. The molecule has 0 fully saturated rings. The highest BCUT2D eigenvalue weighted by Gasteiger charge is 2.25. The molecule has 4 atom stereocenters. The van der Waals surface area contributed by atoms with Crippen LogP contribution in [0, 0.1) is 23.7 Å². The fourth-order valence-corrected chi connectivity index (χ4v) is 15.1. The van der Waals surface area contributed by atoms with E-state index in [0.717, 1.165) is 169 Å². The number of nitrogens with one attached hydrogen (secondary N) is 6. The van der Waals surface area contributed by atoms with Crippen molar-refractivity contribution < 1.29 is 38.1 Å². The first kappa shape index (κ1) is 85.1. The normalized spacial score (nSPS) is 12.6. The number of carbonyl (C=O) groups is 4. The van der Waals surface area contributed by atoms with Gasteiger partial charge in [-0.1, -0.05) is 181 Å². The molecule has 0 saturated carbocycles. The molecule has 8 bridgehead atoms. The molecule has 20 nitrogen and oxygen atoms in total. The van der Waals surface area contributed by atoms with Crippen molar-refractivity contribution in [2.75, 3.05) is 47.7 Å². The van der Waals surface area contributed by atoms with Crippen LogP contribution >= 0.6 is 0 Å². The van der Waals surface area contributed by atoms with Crippen molar-refractivity contribution in [2.45, 2.75) is 158 Å². The molecule has 618 valence electrons. The Morgan fingerprint density at radius 1 is 0.308 bits per heavy atom. The van der Waals surface area contributed by atoms with Gasteiger partial charge in [0.2, 0.25) is 0 Å². The minimum atomic E-state index is -0.496. The highest BCUT2D eigenvalue weighted by molar-refractivity contribution is 6.08. The zero-order valence-electron chi connectivity index (χ0n) is 70.2. The molecule has 9 heterocycles. The Balaban J connectivity index is 1.000. The summed E-state index contributed by atoms with van der Waals surface area (Å²) < 4.78 is 27.8. The predicted molar refractivity (Wildman–Crippen MR) is 485 cm³/mol. The van der Waals surface area contributed by atoms with E-state index in [1.807, 2.05) is 60.7 Å². The zero-order chi connectivity index (χ0) is 83.7. The van der Waals surface area contributed by atoms with Crippen LogP contribution in [-0.2, 0) is 0 Å². The van der Waals surface area contributed by atoms with Crippen LogP contribution in [0.25, 0.3) is 90.9 Å². The molecule has 4 amide bonds. The number of benzene rings is 4. The molecular formula is C100H110N12O8. The third-order valence-electron chi connectivity index (χ3n) is 22.5. The maximum atomic E-state index is 14.2. The molecule has 13 rings (SSSR count). The SMILES string of the molecule is CCCCC(CC)COc1ccc(-c2c3nc(c(-c4ccc(NC(=O)c5cccc(C(=O)Nc6ccncc6)n5)cc4)c4ccc([nH]4)c(-c4ccc(OCC(CC)CCCC)c(OCC(CC)CCCC)c4)c4nc(c(-c5ccc(NC(=O)c6cccc(C(=O)Nc7ccncc7)n6)cc5)c5ccc2[nH]5)C=C4)C=C3)cc1OCC(CC)CCCC. The van der Waals surface area contributed by atoms with Crippen molar-refractivity contribution in [1.82, 2.24) is 39.9 Å². The van der Waals surface area contributed by atoms with Crippen molar-refractivity contribution in [1.29, 1.82) is 0 Å². The summed E-state index contributed by atoms with van der Waals surface area (Å²) in [6.07, 6.45) is 31.6. The first-order chi connectivity index (χ1) is 58.7. The summed E-state index contributed by atoms with van der Waals surface area (Å²) >= 11 is 0. The maximum Gasteiger partial charge on any atom is 0.274 e. The summed E-state index contributed by atoms with van der Waals surface area (Å²) in [6, 6.07) is 52.4. The molecule has 2 aliphatic rings. The number of H-pyrrole nitrogens is 2.